The van der Waals surface area contributed by atoms with E-state index in [2.05, 4.69) is 4.98 Å². The summed E-state index contributed by atoms with van der Waals surface area (Å²) in [4.78, 5) is 4.29. The van der Waals surface area contributed by atoms with Crippen LogP contribution in [-0.4, -0.2) is 26.8 Å². The van der Waals surface area contributed by atoms with Gasteiger partial charge in [-0.2, -0.15) is 4.98 Å². The van der Waals surface area contributed by atoms with E-state index in [1.54, 1.807) is 12.1 Å². The van der Waals surface area contributed by atoms with Crippen LogP contribution < -0.4 is 15.2 Å². The second kappa shape index (κ2) is 5.38. The zero-order valence-electron chi connectivity index (χ0n) is 11.0. The average molecular weight is 294 g/mol. The predicted molar refractivity (Wildman–Crippen MR) is 74.8 cm³/mol. The first-order valence-corrected chi connectivity index (χ1v) is 7.58. The van der Waals surface area contributed by atoms with E-state index in [1.165, 1.54) is 31.4 Å². The van der Waals surface area contributed by atoms with E-state index in [4.69, 9.17) is 15.2 Å². The van der Waals surface area contributed by atoms with Crippen LogP contribution in [0.5, 0.6) is 17.5 Å². The van der Waals surface area contributed by atoms with Gasteiger partial charge in [-0.15, -0.1) is 0 Å². The van der Waals surface area contributed by atoms with Crippen molar-refractivity contribution in [2.24, 2.45) is 0 Å². The van der Waals surface area contributed by atoms with Crippen LogP contribution in [0.25, 0.3) is 0 Å². The van der Waals surface area contributed by atoms with Crippen molar-refractivity contribution in [3.8, 4) is 17.5 Å². The standard InChI is InChI=1S/C13H14N2O4S/c1-18-12-8-7-11(14)13(15-12)19-9-3-5-10(6-4-9)20(2,16)17/h3-8H,14H2,1-2H3. The number of sulfone groups is 1. The molecule has 20 heavy (non-hydrogen) atoms. The lowest BCUT2D eigenvalue weighted by Crippen LogP contribution is -1.98. The average Bonchev–Trinajstić information content (AvgIpc) is 2.41. The summed E-state index contributed by atoms with van der Waals surface area (Å²) in [7, 11) is -1.74. The van der Waals surface area contributed by atoms with Crippen LogP contribution in [0.2, 0.25) is 0 Å². The molecular weight excluding hydrogens is 280 g/mol. The molecule has 0 saturated carbocycles. The molecule has 1 aromatic carbocycles. The van der Waals surface area contributed by atoms with Crippen molar-refractivity contribution in [2.45, 2.75) is 4.90 Å². The molecule has 0 radical (unpaired) electrons. The zero-order valence-corrected chi connectivity index (χ0v) is 11.8. The Morgan fingerprint density at radius 1 is 1.10 bits per heavy atom. The summed E-state index contributed by atoms with van der Waals surface area (Å²) >= 11 is 0. The third-order valence-corrected chi connectivity index (χ3v) is 3.67. The Hall–Kier alpha value is -2.28. The molecule has 2 rings (SSSR count). The highest BCUT2D eigenvalue weighted by molar-refractivity contribution is 7.90. The van der Waals surface area contributed by atoms with Crippen LogP contribution in [0, 0.1) is 0 Å². The van der Waals surface area contributed by atoms with Gasteiger partial charge in [-0.05, 0) is 30.3 Å². The quantitative estimate of drug-likeness (QED) is 0.925. The molecule has 1 heterocycles. The fourth-order valence-electron chi connectivity index (χ4n) is 1.50. The molecule has 0 saturated heterocycles. The number of hydrogen-bond donors (Lipinski definition) is 1. The minimum absolute atomic E-state index is 0.205. The highest BCUT2D eigenvalue weighted by Crippen LogP contribution is 2.28. The number of nitrogens with zero attached hydrogens (tertiary/aromatic N) is 1. The molecule has 1 aromatic heterocycles. The van der Waals surface area contributed by atoms with Gasteiger partial charge in [-0.3, -0.25) is 0 Å². The molecule has 0 amide bonds. The van der Waals surface area contributed by atoms with Gasteiger partial charge in [0.15, 0.2) is 9.84 Å². The number of pyridine rings is 1. The van der Waals surface area contributed by atoms with Gasteiger partial charge in [0.05, 0.1) is 17.7 Å². The summed E-state index contributed by atoms with van der Waals surface area (Å²) in [5.41, 5.74) is 6.11. The number of nitrogens with two attached hydrogens (primary N) is 1. The maximum absolute atomic E-state index is 11.4. The lowest BCUT2D eigenvalue weighted by molar-refractivity contribution is 0.384. The Balaban J connectivity index is 2.26. The lowest BCUT2D eigenvalue weighted by Gasteiger charge is -2.09. The van der Waals surface area contributed by atoms with E-state index in [1.807, 2.05) is 0 Å². The van der Waals surface area contributed by atoms with Crippen LogP contribution in [0.15, 0.2) is 41.3 Å². The van der Waals surface area contributed by atoms with Crippen molar-refractivity contribution < 1.29 is 17.9 Å². The monoisotopic (exact) mass is 294 g/mol. The van der Waals surface area contributed by atoms with E-state index in [-0.39, 0.29) is 10.8 Å². The summed E-state index contributed by atoms with van der Waals surface area (Å²) in [5.74, 6) is 1.02. The molecule has 6 nitrogen and oxygen atoms in total. The molecule has 106 valence electrons. The van der Waals surface area contributed by atoms with Gasteiger partial charge in [-0.1, -0.05) is 0 Å². The first-order valence-electron chi connectivity index (χ1n) is 5.68. The minimum Gasteiger partial charge on any atom is -0.481 e. The van der Waals surface area contributed by atoms with E-state index >= 15 is 0 Å². The molecule has 2 N–H and O–H groups in total. The van der Waals surface area contributed by atoms with E-state index in [0.29, 0.717) is 17.3 Å². The van der Waals surface area contributed by atoms with Gasteiger partial charge < -0.3 is 15.2 Å². The molecule has 0 atom stereocenters. The zero-order chi connectivity index (χ0) is 14.8. The Morgan fingerprint density at radius 3 is 2.30 bits per heavy atom. The summed E-state index contributed by atoms with van der Waals surface area (Å²) in [6.45, 7) is 0. The summed E-state index contributed by atoms with van der Waals surface area (Å²) < 4.78 is 33.2. The van der Waals surface area contributed by atoms with Crippen molar-refractivity contribution in [3.63, 3.8) is 0 Å². The van der Waals surface area contributed by atoms with E-state index in [9.17, 15) is 8.42 Å². The van der Waals surface area contributed by atoms with Crippen LogP contribution in [0.4, 0.5) is 5.69 Å². The van der Waals surface area contributed by atoms with Crippen LogP contribution >= 0.6 is 0 Å². The van der Waals surface area contributed by atoms with Crippen molar-refractivity contribution >= 4 is 15.5 Å². The first kappa shape index (κ1) is 14.1. The van der Waals surface area contributed by atoms with Crippen molar-refractivity contribution in [1.29, 1.82) is 0 Å². The molecule has 0 aliphatic rings. The summed E-state index contributed by atoms with van der Waals surface area (Å²) in [5, 5.41) is 0. The minimum atomic E-state index is -3.23. The number of benzene rings is 1. The smallest absolute Gasteiger partial charge is 0.246 e. The number of ether oxygens (including phenoxy) is 2. The number of aromatic nitrogens is 1. The molecule has 0 fully saturated rings. The van der Waals surface area contributed by atoms with E-state index < -0.39 is 9.84 Å². The molecule has 0 aliphatic carbocycles. The Bertz CT molecular complexity index is 712. The summed E-state index contributed by atoms with van der Waals surface area (Å²) in [6, 6.07) is 9.23. The maximum Gasteiger partial charge on any atom is 0.246 e. The largest absolute Gasteiger partial charge is 0.481 e. The summed E-state index contributed by atoms with van der Waals surface area (Å²) in [6.07, 6.45) is 1.14. The van der Waals surface area contributed by atoms with Gasteiger partial charge in [-0.25, -0.2) is 8.42 Å². The fourth-order valence-corrected chi connectivity index (χ4v) is 2.13. The molecule has 7 heteroatoms. The topological polar surface area (TPSA) is 91.5 Å². The van der Waals surface area contributed by atoms with Gasteiger partial charge >= 0.3 is 0 Å². The Kier molecular flexibility index (Phi) is 3.80. The number of rotatable bonds is 4. The van der Waals surface area contributed by atoms with Gasteiger partial charge in [0.25, 0.3) is 0 Å². The molecule has 0 spiro atoms. The number of nitrogen functional groups attached to an aromatic ring is 1. The molecule has 0 bridgehead atoms. The highest BCUT2D eigenvalue weighted by Gasteiger charge is 2.09. The fraction of sp³-hybridized carbons (Fsp3) is 0.154. The molecular formula is C13H14N2O4S. The SMILES string of the molecule is COc1ccc(N)c(Oc2ccc(S(C)(=O)=O)cc2)n1. The predicted octanol–water partition coefficient (Wildman–Crippen LogP) is 1.87. The lowest BCUT2D eigenvalue weighted by atomic mass is 10.3. The van der Waals surface area contributed by atoms with E-state index in [0.717, 1.165) is 6.26 Å². The molecule has 2 aromatic rings. The van der Waals surface area contributed by atoms with Crippen molar-refractivity contribution in [3.05, 3.63) is 36.4 Å². The maximum atomic E-state index is 11.4. The third-order valence-electron chi connectivity index (χ3n) is 2.54. The van der Waals surface area contributed by atoms with Gasteiger partial charge in [0, 0.05) is 12.3 Å². The third kappa shape index (κ3) is 3.18. The molecule has 0 unspecified atom stereocenters. The van der Waals surface area contributed by atoms with Crippen LogP contribution in [0.3, 0.4) is 0 Å². The van der Waals surface area contributed by atoms with Gasteiger partial charge in [0.1, 0.15) is 5.75 Å². The van der Waals surface area contributed by atoms with Crippen molar-refractivity contribution in [1.82, 2.24) is 4.98 Å². The second-order valence-corrected chi connectivity index (χ2v) is 6.11. The highest BCUT2D eigenvalue weighted by atomic mass is 32.2. The Morgan fingerprint density at radius 2 is 1.75 bits per heavy atom. The molecule has 0 aliphatic heterocycles. The second-order valence-electron chi connectivity index (χ2n) is 4.09. The normalized spacial score (nSPS) is 11.1. The number of methoxy groups -OCH3 is 1. The first-order chi connectivity index (χ1) is 9.40. The van der Waals surface area contributed by atoms with Crippen LogP contribution in [-0.2, 0) is 9.84 Å². The number of hydrogen-bond acceptors (Lipinski definition) is 6. The van der Waals surface area contributed by atoms with Crippen molar-refractivity contribution in [2.75, 3.05) is 19.1 Å². The van der Waals surface area contributed by atoms with Crippen LogP contribution in [0.1, 0.15) is 0 Å². The number of anilines is 1. The Labute approximate surface area is 117 Å². The van der Waals surface area contributed by atoms with Gasteiger partial charge in [0.2, 0.25) is 11.8 Å².